The van der Waals surface area contributed by atoms with Gasteiger partial charge >= 0.3 is 5.97 Å². The van der Waals surface area contributed by atoms with Crippen molar-refractivity contribution in [2.24, 2.45) is 4.99 Å². The molecule has 3 aromatic carbocycles. The van der Waals surface area contributed by atoms with Gasteiger partial charge in [0.15, 0.2) is 5.17 Å². The molecule has 0 spiro atoms. The number of esters is 1. The fraction of sp³-hybridized carbons (Fsp3) is 0.241. The number of hydrogen-bond acceptors (Lipinski definition) is 7. The number of hydrogen-bond donors (Lipinski definition) is 1. The first kappa shape index (κ1) is 28.2. The molecule has 1 N–H and O–H groups in total. The molecule has 10 heteroatoms. The highest BCUT2D eigenvalue weighted by Gasteiger charge is 2.36. The summed E-state index contributed by atoms with van der Waals surface area (Å²) in [5.41, 5.74) is 2.25. The van der Waals surface area contributed by atoms with Crippen molar-refractivity contribution >= 4 is 57.7 Å². The van der Waals surface area contributed by atoms with Gasteiger partial charge in [0.05, 0.1) is 31.0 Å². The first-order valence-electron chi connectivity index (χ1n) is 12.5. The van der Waals surface area contributed by atoms with Gasteiger partial charge in [0, 0.05) is 23.2 Å². The number of amidine groups is 1. The van der Waals surface area contributed by atoms with E-state index >= 15 is 0 Å². The zero-order valence-electron chi connectivity index (χ0n) is 21.6. The molecule has 1 fully saturated rings. The lowest BCUT2D eigenvalue weighted by atomic mass is 10.2. The Bertz CT molecular complexity index is 1380. The lowest BCUT2D eigenvalue weighted by molar-refractivity contribution is -0.129. The molecular weight excluding hydrogens is 538 g/mol. The summed E-state index contributed by atoms with van der Waals surface area (Å²) in [4.78, 5) is 44.8. The third kappa shape index (κ3) is 7.40. The quantitative estimate of drug-likeness (QED) is 0.316. The Labute approximate surface area is 236 Å². The van der Waals surface area contributed by atoms with Crippen LogP contribution in [0.2, 0.25) is 5.02 Å². The van der Waals surface area contributed by atoms with E-state index in [4.69, 9.17) is 21.1 Å². The molecule has 2 amide bonds. The molecule has 1 atom stereocenters. The van der Waals surface area contributed by atoms with Crippen molar-refractivity contribution < 1.29 is 23.9 Å². The number of nitrogens with one attached hydrogen (secondary N) is 1. The first-order chi connectivity index (χ1) is 18.9. The average molecular weight is 566 g/mol. The Hall–Kier alpha value is -3.82. The van der Waals surface area contributed by atoms with Gasteiger partial charge in [-0.1, -0.05) is 47.6 Å². The number of nitrogens with zero attached hydrogens (tertiary/aromatic N) is 2. The average Bonchev–Trinajstić information content (AvgIpc) is 2.92. The van der Waals surface area contributed by atoms with Gasteiger partial charge in [0.25, 0.3) is 0 Å². The number of aliphatic imine (C=N–C) groups is 1. The van der Waals surface area contributed by atoms with Crippen LogP contribution in [0.1, 0.15) is 36.2 Å². The fourth-order valence-electron chi connectivity index (χ4n) is 3.84. The molecule has 8 nitrogen and oxygen atoms in total. The SMILES string of the molecule is CCOC(=O)c1ccc(N=C2S[C@@H](C(=O)Nc3cccc(OCC)c3)CC(=O)N2Cc2ccccc2Cl)cc1. The molecule has 39 heavy (non-hydrogen) atoms. The molecule has 0 aromatic heterocycles. The first-order valence-corrected chi connectivity index (χ1v) is 13.7. The van der Waals surface area contributed by atoms with Crippen LogP contribution in [0, 0.1) is 0 Å². The van der Waals surface area contributed by atoms with Crippen molar-refractivity contribution in [3.05, 3.63) is 88.9 Å². The van der Waals surface area contributed by atoms with Gasteiger partial charge in [-0.15, -0.1) is 0 Å². The van der Waals surface area contributed by atoms with Crippen LogP contribution in [-0.4, -0.2) is 46.3 Å². The maximum Gasteiger partial charge on any atom is 0.338 e. The summed E-state index contributed by atoms with van der Waals surface area (Å²) in [7, 11) is 0. The maximum absolute atomic E-state index is 13.4. The summed E-state index contributed by atoms with van der Waals surface area (Å²) in [6.45, 7) is 4.61. The summed E-state index contributed by atoms with van der Waals surface area (Å²) in [5.74, 6) is -0.352. The zero-order chi connectivity index (χ0) is 27.8. The van der Waals surface area contributed by atoms with Gasteiger partial charge in [-0.2, -0.15) is 0 Å². The number of ether oxygens (including phenoxy) is 2. The lowest BCUT2D eigenvalue weighted by Crippen LogP contribution is -2.44. The number of anilines is 1. The van der Waals surface area contributed by atoms with E-state index in [9.17, 15) is 14.4 Å². The predicted molar refractivity (Wildman–Crippen MR) is 154 cm³/mol. The third-order valence-electron chi connectivity index (χ3n) is 5.73. The van der Waals surface area contributed by atoms with E-state index in [0.29, 0.717) is 39.5 Å². The highest BCUT2D eigenvalue weighted by atomic mass is 35.5. The van der Waals surface area contributed by atoms with Crippen LogP contribution in [0.5, 0.6) is 5.75 Å². The summed E-state index contributed by atoms with van der Waals surface area (Å²) in [5, 5.41) is 3.07. The van der Waals surface area contributed by atoms with E-state index in [1.807, 2.05) is 31.2 Å². The molecule has 1 aliphatic heterocycles. The number of carbonyl (C=O) groups excluding carboxylic acids is 3. The van der Waals surface area contributed by atoms with E-state index in [-0.39, 0.29) is 31.4 Å². The molecular formula is C29H28ClN3O5S. The molecule has 0 bridgehead atoms. The monoisotopic (exact) mass is 565 g/mol. The van der Waals surface area contributed by atoms with Gasteiger partial charge in [-0.3, -0.25) is 14.5 Å². The van der Waals surface area contributed by atoms with E-state index in [1.165, 1.54) is 16.7 Å². The van der Waals surface area contributed by atoms with E-state index in [1.54, 1.807) is 55.5 Å². The summed E-state index contributed by atoms with van der Waals surface area (Å²) < 4.78 is 10.6. The molecule has 0 unspecified atom stereocenters. The minimum Gasteiger partial charge on any atom is -0.494 e. The minimum atomic E-state index is -0.701. The topological polar surface area (TPSA) is 97.3 Å². The molecule has 0 aliphatic carbocycles. The molecule has 3 aromatic rings. The van der Waals surface area contributed by atoms with Crippen LogP contribution < -0.4 is 10.1 Å². The number of halogens is 1. The van der Waals surface area contributed by atoms with E-state index in [0.717, 1.165) is 5.56 Å². The van der Waals surface area contributed by atoms with Crippen molar-refractivity contribution in [1.82, 2.24) is 4.90 Å². The molecule has 4 rings (SSSR count). The highest BCUT2D eigenvalue weighted by Crippen LogP contribution is 2.32. The third-order valence-corrected chi connectivity index (χ3v) is 7.29. The standard InChI is InChI=1S/C29H28ClN3O5S/c1-3-37-23-10-7-9-22(16-23)31-27(35)25-17-26(34)33(18-20-8-5-6-11-24(20)30)29(39-25)32-21-14-12-19(13-15-21)28(36)38-4-2/h5-16,25H,3-4,17-18H2,1-2H3,(H,31,35)/t25-/m1/s1. The number of benzene rings is 3. The van der Waals surface area contributed by atoms with Crippen LogP contribution in [0.15, 0.2) is 77.8 Å². The number of thioether (sulfide) groups is 1. The van der Waals surface area contributed by atoms with Gasteiger partial charge in [0.2, 0.25) is 11.8 Å². The second kappa shape index (κ2) is 13.3. The second-order valence-electron chi connectivity index (χ2n) is 8.49. The number of amides is 2. The zero-order valence-corrected chi connectivity index (χ0v) is 23.1. The summed E-state index contributed by atoms with van der Waals surface area (Å²) >= 11 is 7.57. The summed E-state index contributed by atoms with van der Waals surface area (Å²) in [6, 6.07) is 20.9. The predicted octanol–water partition coefficient (Wildman–Crippen LogP) is 6.08. The molecule has 202 valence electrons. The number of carbonyl (C=O) groups is 3. The molecule has 1 saturated heterocycles. The smallest absolute Gasteiger partial charge is 0.338 e. The van der Waals surface area contributed by atoms with Crippen LogP contribution >= 0.6 is 23.4 Å². The van der Waals surface area contributed by atoms with Gasteiger partial charge in [0.1, 0.15) is 11.0 Å². The van der Waals surface area contributed by atoms with Crippen molar-refractivity contribution in [2.45, 2.75) is 32.1 Å². The molecule has 0 radical (unpaired) electrons. The van der Waals surface area contributed by atoms with Gasteiger partial charge < -0.3 is 14.8 Å². The van der Waals surface area contributed by atoms with Crippen molar-refractivity contribution in [1.29, 1.82) is 0 Å². The Morgan fingerprint density at radius 2 is 1.82 bits per heavy atom. The van der Waals surface area contributed by atoms with Crippen molar-refractivity contribution in [2.75, 3.05) is 18.5 Å². The normalized spacial score (nSPS) is 16.2. The van der Waals surface area contributed by atoms with E-state index in [2.05, 4.69) is 10.3 Å². The second-order valence-corrected chi connectivity index (χ2v) is 10.1. The van der Waals surface area contributed by atoms with Crippen molar-refractivity contribution in [3.63, 3.8) is 0 Å². The van der Waals surface area contributed by atoms with E-state index < -0.39 is 11.2 Å². The maximum atomic E-state index is 13.4. The van der Waals surface area contributed by atoms with Crippen LogP contribution in [0.3, 0.4) is 0 Å². The summed E-state index contributed by atoms with van der Waals surface area (Å²) in [6.07, 6.45) is -0.00702. The van der Waals surface area contributed by atoms with Crippen molar-refractivity contribution in [3.8, 4) is 5.75 Å². The Balaban J connectivity index is 1.59. The van der Waals surface area contributed by atoms with Gasteiger partial charge in [-0.05, 0) is 61.9 Å². The van der Waals surface area contributed by atoms with Crippen LogP contribution in [0.4, 0.5) is 11.4 Å². The Morgan fingerprint density at radius 1 is 1.05 bits per heavy atom. The number of rotatable bonds is 9. The lowest BCUT2D eigenvalue weighted by Gasteiger charge is -2.32. The largest absolute Gasteiger partial charge is 0.494 e. The molecule has 1 aliphatic rings. The van der Waals surface area contributed by atoms with Crippen LogP contribution in [-0.2, 0) is 20.9 Å². The minimum absolute atomic E-state index is 0.00702. The molecule has 0 saturated carbocycles. The Morgan fingerprint density at radius 3 is 2.54 bits per heavy atom. The highest BCUT2D eigenvalue weighted by molar-refractivity contribution is 8.15. The van der Waals surface area contributed by atoms with Crippen LogP contribution in [0.25, 0.3) is 0 Å². The Kier molecular flexibility index (Phi) is 9.62. The fourth-order valence-corrected chi connectivity index (χ4v) is 5.14. The van der Waals surface area contributed by atoms with Gasteiger partial charge in [-0.25, -0.2) is 9.79 Å². The molecule has 1 heterocycles.